The first-order chi connectivity index (χ1) is 8.97. The van der Waals surface area contributed by atoms with Gasteiger partial charge >= 0.3 is 0 Å². The molecule has 0 aliphatic heterocycles. The molecule has 0 aliphatic rings. The molecule has 2 aromatic rings. The third-order valence-electron chi connectivity index (χ3n) is 3.03. The quantitative estimate of drug-likeness (QED) is 0.866. The van der Waals surface area contributed by atoms with Crippen LogP contribution >= 0.6 is 15.9 Å². The molecule has 0 unspecified atom stereocenters. The van der Waals surface area contributed by atoms with Crippen LogP contribution in [0.5, 0.6) is 0 Å². The van der Waals surface area contributed by atoms with Gasteiger partial charge in [0.15, 0.2) is 0 Å². The van der Waals surface area contributed by atoms with Crippen molar-refractivity contribution in [3.8, 4) is 0 Å². The maximum absolute atomic E-state index is 13.2. The Balaban J connectivity index is 2.03. The Morgan fingerprint density at radius 2 is 2.05 bits per heavy atom. The molecular formula is C13H16BrFN4. The van der Waals surface area contributed by atoms with Gasteiger partial charge in [0, 0.05) is 13.6 Å². The average molecular weight is 327 g/mol. The zero-order valence-corrected chi connectivity index (χ0v) is 12.8. The second-order valence-corrected chi connectivity index (χ2v) is 5.50. The lowest BCUT2D eigenvalue weighted by atomic mass is 10.2. The molecule has 4 nitrogen and oxygen atoms in total. The second-order valence-electron chi connectivity index (χ2n) is 4.64. The number of benzene rings is 1. The predicted octanol–water partition coefficient (Wildman–Crippen LogP) is 2.66. The van der Waals surface area contributed by atoms with E-state index < -0.39 is 0 Å². The molecule has 0 radical (unpaired) electrons. The molecule has 0 aliphatic carbocycles. The van der Waals surface area contributed by atoms with E-state index >= 15 is 0 Å². The SMILES string of the molecule is Cc1nnc(CN(C)Cc2ccc(F)c(Br)c2)n1C. The van der Waals surface area contributed by atoms with Crippen molar-refractivity contribution in [2.24, 2.45) is 7.05 Å². The Morgan fingerprint density at radius 3 is 2.63 bits per heavy atom. The number of nitrogens with zero attached hydrogens (tertiary/aromatic N) is 4. The molecule has 0 fully saturated rings. The smallest absolute Gasteiger partial charge is 0.146 e. The van der Waals surface area contributed by atoms with E-state index in [2.05, 4.69) is 31.0 Å². The third kappa shape index (κ3) is 3.39. The van der Waals surface area contributed by atoms with E-state index in [1.54, 1.807) is 12.1 Å². The monoisotopic (exact) mass is 326 g/mol. The summed E-state index contributed by atoms with van der Waals surface area (Å²) >= 11 is 3.20. The number of aromatic nitrogens is 3. The summed E-state index contributed by atoms with van der Waals surface area (Å²) in [4.78, 5) is 2.11. The Hall–Kier alpha value is -1.27. The lowest BCUT2D eigenvalue weighted by Gasteiger charge is -2.16. The third-order valence-corrected chi connectivity index (χ3v) is 3.64. The minimum atomic E-state index is -0.240. The normalized spacial score (nSPS) is 11.3. The minimum Gasteiger partial charge on any atom is -0.317 e. The van der Waals surface area contributed by atoms with Crippen LogP contribution in [-0.4, -0.2) is 26.7 Å². The van der Waals surface area contributed by atoms with E-state index in [0.29, 0.717) is 11.0 Å². The molecule has 0 atom stereocenters. The van der Waals surface area contributed by atoms with Crippen molar-refractivity contribution in [2.45, 2.75) is 20.0 Å². The summed E-state index contributed by atoms with van der Waals surface area (Å²) in [6, 6.07) is 5.06. The lowest BCUT2D eigenvalue weighted by molar-refractivity contribution is 0.306. The fourth-order valence-electron chi connectivity index (χ4n) is 1.84. The van der Waals surface area contributed by atoms with Crippen molar-refractivity contribution in [3.63, 3.8) is 0 Å². The topological polar surface area (TPSA) is 34.0 Å². The summed E-state index contributed by atoms with van der Waals surface area (Å²) in [5.41, 5.74) is 1.05. The average Bonchev–Trinajstić information content (AvgIpc) is 2.66. The summed E-state index contributed by atoms with van der Waals surface area (Å²) in [6.45, 7) is 3.35. The highest BCUT2D eigenvalue weighted by atomic mass is 79.9. The van der Waals surface area contributed by atoms with Crippen LogP contribution in [-0.2, 0) is 20.1 Å². The number of rotatable bonds is 4. The molecule has 0 N–H and O–H groups in total. The Labute approximate surface area is 120 Å². The molecule has 0 saturated carbocycles. The molecule has 0 spiro atoms. The van der Waals surface area contributed by atoms with Crippen LogP contribution in [0.15, 0.2) is 22.7 Å². The maximum atomic E-state index is 13.2. The molecule has 1 heterocycles. The highest BCUT2D eigenvalue weighted by Crippen LogP contribution is 2.18. The fourth-order valence-corrected chi connectivity index (χ4v) is 2.26. The Morgan fingerprint density at radius 1 is 1.32 bits per heavy atom. The molecule has 6 heteroatoms. The van der Waals surface area contributed by atoms with E-state index in [9.17, 15) is 4.39 Å². The number of aryl methyl sites for hydroxylation is 1. The van der Waals surface area contributed by atoms with Gasteiger partial charge in [-0.15, -0.1) is 10.2 Å². The molecule has 0 bridgehead atoms. The van der Waals surface area contributed by atoms with Crippen molar-refractivity contribution in [1.29, 1.82) is 0 Å². The lowest BCUT2D eigenvalue weighted by Crippen LogP contribution is -2.19. The first-order valence-corrected chi connectivity index (χ1v) is 6.74. The van der Waals surface area contributed by atoms with Gasteiger partial charge in [-0.1, -0.05) is 6.07 Å². The van der Waals surface area contributed by atoms with Crippen molar-refractivity contribution in [3.05, 3.63) is 45.7 Å². The van der Waals surface area contributed by atoms with Crippen LogP contribution in [0.1, 0.15) is 17.2 Å². The van der Waals surface area contributed by atoms with Crippen LogP contribution in [0.2, 0.25) is 0 Å². The van der Waals surface area contributed by atoms with E-state index in [4.69, 9.17) is 0 Å². The van der Waals surface area contributed by atoms with Gasteiger partial charge in [0.2, 0.25) is 0 Å². The first-order valence-electron chi connectivity index (χ1n) is 5.94. The van der Waals surface area contributed by atoms with Gasteiger partial charge in [-0.2, -0.15) is 0 Å². The largest absolute Gasteiger partial charge is 0.317 e. The minimum absolute atomic E-state index is 0.240. The summed E-state index contributed by atoms with van der Waals surface area (Å²) < 4.78 is 15.6. The second kappa shape index (κ2) is 5.79. The molecule has 1 aromatic carbocycles. The number of hydrogen-bond acceptors (Lipinski definition) is 3. The van der Waals surface area contributed by atoms with Gasteiger partial charge in [0.1, 0.15) is 17.5 Å². The van der Waals surface area contributed by atoms with E-state index in [0.717, 1.165) is 23.8 Å². The van der Waals surface area contributed by atoms with Crippen molar-refractivity contribution in [2.75, 3.05) is 7.05 Å². The maximum Gasteiger partial charge on any atom is 0.146 e. The van der Waals surface area contributed by atoms with Crippen molar-refractivity contribution < 1.29 is 4.39 Å². The van der Waals surface area contributed by atoms with E-state index in [1.807, 2.05) is 25.6 Å². The van der Waals surface area contributed by atoms with Gasteiger partial charge in [-0.25, -0.2) is 4.39 Å². The number of hydrogen-bond donors (Lipinski definition) is 0. The molecule has 1 aromatic heterocycles. The standard InChI is InChI=1S/C13H16BrFN4/c1-9-16-17-13(19(9)3)8-18(2)7-10-4-5-12(15)11(14)6-10/h4-6H,7-8H2,1-3H3. The molecular weight excluding hydrogens is 311 g/mol. The predicted molar refractivity (Wildman–Crippen MR) is 75.0 cm³/mol. The van der Waals surface area contributed by atoms with E-state index in [1.165, 1.54) is 6.07 Å². The van der Waals surface area contributed by atoms with Crippen LogP contribution in [0, 0.1) is 12.7 Å². The zero-order valence-electron chi connectivity index (χ0n) is 11.2. The van der Waals surface area contributed by atoms with Crippen LogP contribution in [0.25, 0.3) is 0 Å². The summed E-state index contributed by atoms with van der Waals surface area (Å²) in [5.74, 6) is 1.57. The van der Waals surface area contributed by atoms with Crippen LogP contribution in [0.3, 0.4) is 0 Å². The molecule has 0 saturated heterocycles. The van der Waals surface area contributed by atoms with Gasteiger partial charge < -0.3 is 4.57 Å². The Bertz CT molecular complexity index is 582. The zero-order chi connectivity index (χ0) is 14.0. The van der Waals surface area contributed by atoms with Crippen LogP contribution in [0.4, 0.5) is 4.39 Å². The van der Waals surface area contributed by atoms with Gasteiger partial charge in [0.05, 0.1) is 11.0 Å². The summed E-state index contributed by atoms with van der Waals surface area (Å²) in [5, 5.41) is 8.16. The molecule has 2 rings (SSSR count). The van der Waals surface area contributed by atoms with E-state index in [-0.39, 0.29) is 5.82 Å². The highest BCUT2D eigenvalue weighted by molar-refractivity contribution is 9.10. The Kier molecular flexibility index (Phi) is 4.31. The highest BCUT2D eigenvalue weighted by Gasteiger charge is 2.09. The van der Waals surface area contributed by atoms with Gasteiger partial charge in [-0.3, -0.25) is 4.90 Å². The summed E-state index contributed by atoms with van der Waals surface area (Å²) in [6.07, 6.45) is 0. The fraction of sp³-hybridized carbons (Fsp3) is 0.385. The van der Waals surface area contributed by atoms with Crippen molar-refractivity contribution >= 4 is 15.9 Å². The molecule has 102 valence electrons. The van der Waals surface area contributed by atoms with Crippen LogP contribution < -0.4 is 0 Å². The number of halogens is 2. The first kappa shape index (κ1) is 14.1. The molecule has 19 heavy (non-hydrogen) atoms. The summed E-state index contributed by atoms with van der Waals surface area (Å²) in [7, 11) is 3.95. The van der Waals surface area contributed by atoms with Gasteiger partial charge in [0.25, 0.3) is 0 Å². The van der Waals surface area contributed by atoms with Gasteiger partial charge in [-0.05, 0) is 47.6 Å². The van der Waals surface area contributed by atoms with Crippen molar-refractivity contribution in [1.82, 2.24) is 19.7 Å². The molecule has 0 amide bonds.